The summed E-state index contributed by atoms with van der Waals surface area (Å²) in [4.78, 5) is 10.7. The molecule has 0 aliphatic rings. The normalized spacial score (nSPS) is 10.2. The van der Waals surface area contributed by atoms with Crippen molar-refractivity contribution in [2.45, 2.75) is 0 Å². The summed E-state index contributed by atoms with van der Waals surface area (Å²) in [6.45, 7) is 0. The van der Waals surface area contributed by atoms with E-state index in [1.54, 1.807) is 24.3 Å². The van der Waals surface area contributed by atoms with Gasteiger partial charge in [0.15, 0.2) is 0 Å². The maximum absolute atomic E-state index is 13.6. The van der Waals surface area contributed by atoms with Gasteiger partial charge in [-0.15, -0.1) is 0 Å². The molecule has 0 aliphatic heterocycles. The minimum Gasteiger partial charge on any atom is -0.478 e. The van der Waals surface area contributed by atoms with Crippen LogP contribution >= 0.6 is 11.6 Å². The molecular formula is C13H8ClFO2. The quantitative estimate of drug-likeness (QED) is 0.879. The number of aromatic carboxylic acids is 1. The third-order valence-corrected chi connectivity index (χ3v) is 2.61. The van der Waals surface area contributed by atoms with Crippen LogP contribution in [0.5, 0.6) is 0 Å². The molecule has 0 radical (unpaired) electrons. The molecule has 0 bridgehead atoms. The van der Waals surface area contributed by atoms with Crippen molar-refractivity contribution < 1.29 is 14.3 Å². The Morgan fingerprint density at radius 2 is 1.76 bits per heavy atom. The zero-order valence-corrected chi connectivity index (χ0v) is 9.41. The van der Waals surface area contributed by atoms with Crippen LogP contribution < -0.4 is 0 Å². The van der Waals surface area contributed by atoms with Crippen molar-refractivity contribution in [3.05, 3.63) is 58.9 Å². The summed E-state index contributed by atoms with van der Waals surface area (Å²) in [5.41, 5.74) is 1.18. The molecular weight excluding hydrogens is 243 g/mol. The Kier molecular flexibility index (Phi) is 3.11. The fourth-order valence-electron chi connectivity index (χ4n) is 1.52. The van der Waals surface area contributed by atoms with E-state index in [9.17, 15) is 9.18 Å². The minimum absolute atomic E-state index is 0.170. The van der Waals surface area contributed by atoms with E-state index >= 15 is 0 Å². The Morgan fingerprint density at radius 3 is 2.29 bits per heavy atom. The molecule has 0 aromatic heterocycles. The number of carboxylic acids is 1. The molecule has 0 spiro atoms. The summed E-state index contributed by atoms with van der Waals surface area (Å²) in [5.74, 6) is -1.44. The second kappa shape index (κ2) is 4.55. The van der Waals surface area contributed by atoms with Gasteiger partial charge in [0.25, 0.3) is 0 Å². The smallest absolute Gasteiger partial charge is 0.335 e. The van der Waals surface area contributed by atoms with Gasteiger partial charge in [0.05, 0.1) is 5.56 Å². The minimum atomic E-state index is -1.01. The van der Waals surface area contributed by atoms with Gasteiger partial charge in [0, 0.05) is 10.6 Å². The first-order valence-corrected chi connectivity index (χ1v) is 5.24. The maximum Gasteiger partial charge on any atom is 0.335 e. The van der Waals surface area contributed by atoms with Gasteiger partial charge < -0.3 is 5.11 Å². The number of carbonyl (C=O) groups is 1. The van der Waals surface area contributed by atoms with Crippen LogP contribution in [0.2, 0.25) is 5.02 Å². The van der Waals surface area contributed by atoms with Gasteiger partial charge >= 0.3 is 5.97 Å². The van der Waals surface area contributed by atoms with Gasteiger partial charge in [0.2, 0.25) is 0 Å². The number of benzene rings is 2. The van der Waals surface area contributed by atoms with Crippen LogP contribution in [-0.2, 0) is 0 Å². The van der Waals surface area contributed by atoms with Crippen molar-refractivity contribution in [2.24, 2.45) is 0 Å². The summed E-state index contributed by atoms with van der Waals surface area (Å²) in [6.07, 6.45) is 0. The molecule has 17 heavy (non-hydrogen) atoms. The van der Waals surface area contributed by atoms with E-state index in [0.717, 1.165) is 0 Å². The molecule has 0 atom stereocenters. The van der Waals surface area contributed by atoms with E-state index in [0.29, 0.717) is 16.1 Å². The second-order valence-corrected chi connectivity index (χ2v) is 3.94. The molecule has 0 saturated carbocycles. The summed E-state index contributed by atoms with van der Waals surface area (Å²) in [7, 11) is 0. The predicted octanol–water partition coefficient (Wildman–Crippen LogP) is 3.84. The molecule has 0 saturated heterocycles. The van der Waals surface area contributed by atoms with Crippen LogP contribution in [-0.4, -0.2) is 11.1 Å². The highest BCUT2D eigenvalue weighted by Crippen LogP contribution is 2.25. The lowest BCUT2D eigenvalue weighted by atomic mass is 10.0. The first kappa shape index (κ1) is 11.6. The Balaban J connectivity index is 2.43. The molecule has 2 aromatic rings. The number of hydrogen-bond acceptors (Lipinski definition) is 1. The topological polar surface area (TPSA) is 37.3 Å². The van der Waals surface area contributed by atoms with Gasteiger partial charge in [-0.3, -0.25) is 0 Å². The van der Waals surface area contributed by atoms with E-state index < -0.39 is 11.8 Å². The van der Waals surface area contributed by atoms with Crippen molar-refractivity contribution >= 4 is 17.6 Å². The SMILES string of the molecule is O=C(O)c1ccc(-c2ccc(Cl)cc2F)cc1. The van der Waals surface area contributed by atoms with Crippen LogP contribution in [0.4, 0.5) is 4.39 Å². The van der Waals surface area contributed by atoms with Gasteiger partial charge in [0.1, 0.15) is 5.82 Å². The lowest BCUT2D eigenvalue weighted by Gasteiger charge is -2.04. The largest absolute Gasteiger partial charge is 0.478 e. The zero-order valence-electron chi connectivity index (χ0n) is 8.65. The molecule has 86 valence electrons. The predicted molar refractivity (Wildman–Crippen MR) is 63.8 cm³/mol. The average Bonchev–Trinajstić information content (AvgIpc) is 2.29. The number of halogens is 2. The molecule has 0 heterocycles. The van der Waals surface area contributed by atoms with Crippen LogP contribution in [0.3, 0.4) is 0 Å². The van der Waals surface area contributed by atoms with Gasteiger partial charge in [-0.25, -0.2) is 9.18 Å². The Morgan fingerprint density at radius 1 is 1.12 bits per heavy atom. The Bertz CT molecular complexity index is 564. The lowest BCUT2D eigenvalue weighted by Crippen LogP contribution is -1.95. The van der Waals surface area contributed by atoms with E-state index in [4.69, 9.17) is 16.7 Å². The number of rotatable bonds is 2. The molecule has 2 nitrogen and oxygen atoms in total. The van der Waals surface area contributed by atoms with Crippen LogP contribution in [0, 0.1) is 5.82 Å². The van der Waals surface area contributed by atoms with Crippen molar-refractivity contribution in [3.63, 3.8) is 0 Å². The van der Waals surface area contributed by atoms with Crippen LogP contribution in [0.25, 0.3) is 11.1 Å². The summed E-state index contributed by atoms with van der Waals surface area (Å²) in [5, 5.41) is 9.07. The van der Waals surface area contributed by atoms with Gasteiger partial charge in [-0.1, -0.05) is 23.7 Å². The molecule has 4 heteroatoms. The molecule has 2 aromatic carbocycles. The van der Waals surface area contributed by atoms with Gasteiger partial charge in [-0.2, -0.15) is 0 Å². The highest BCUT2D eigenvalue weighted by atomic mass is 35.5. The Labute approximate surface area is 102 Å². The third-order valence-electron chi connectivity index (χ3n) is 2.37. The standard InChI is InChI=1S/C13H8ClFO2/c14-10-5-6-11(12(15)7-10)8-1-3-9(4-2-8)13(16)17/h1-7H,(H,16,17). The first-order chi connectivity index (χ1) is 8.08. The molecule has 2 rings (SSSR count). The zero-order chi connectivity index (χ0) is 12.4. The molecule has 0 unspecified atom stereocenters. The fraction of sp³-hybridized carbons (Fsp3) is 0. The lowest BCUT2D eigenvalue weighted by molar-refractivity contribution is 0.0697. The highest BCUT2D eigenvalue weighted by Gasteiger charge is 2.07. The van der Waals surface area contributed by atoms with Crippen molar-refractivity contribution in [1.82, 2.24) is 0 Å². The van der Waals surface area contributed by atoms with Crippen molar-refractivity contribution in [3.8, 4) is 11.1 Å². The molecule has 0 amide bonds. The second-order valence-electron chi connectivity index (χ2n) is 3.51. The van der Waals surface area contributed by atoms with E-state index in [1.165, 1.54) is 18.2 Å². The Hall–Kier alpha value is -1.87. The maximum atomic E-state index is 13.6. The summed E-state index contributed by atoms with van der Waals surface area (Å²) in [6, 6.07) is 10.4. The van der Waals surface area contributed by atoms with E-state index in [-0.39, 0.29) is 5.56 Å². The fourth-order valence-corrected chi connectivity index (χ4v) is 1.67. The van der Waals surface area contributed by atoms with E-state index in [1.807, 2.05) is 0 Å². The molecule has 0 aliphatic carbocycles. The first-order valence-electron chi connectivity index (χ1n) is 4.87. The summed E-state index contributed by atoms with van der Waals surface area (Å²) < 4.78 is 13.6. The van der Waals surface area contributed by atoms with Crippen molar-refractivity contribution in [1.29, 1.82) is 0 Å². The monoisotopic (exact) mass is 250 g/mol. The number of carboxylic acid groups (broad SMARTS) is 1. The van der Waals surface area contributed by atoms with Gasteiger partial charge in [-0.05, 0) is 35.9 Å². The van der Waals surface area contributed by atoms with Crippen LogP contribution in [0.15, 0.2) is 42.5 Å². The summed E-state index contributed by atoms with van der Waals surface area (Å²) >= 11 is 5.65. The molecule has 1 N–H and O–H groups in total. The van der Waals surface area contributed by atoms with Crippen LogP contribution in [0.1, 0.15) is 10.4 Å². The van der Waals surface area contributed by atoms with E-state index in [2.05, 4.69) is 0 Å². The number of hydrogen-bond donors (Lipinski definition) is 1. The average molecular weight is 251 g/mol. The highest BCUT2D eigenvalue weighted by molar-refractivity contribution is 6.30. The van der Waals surface area contributed by atoms with Crippen molar-refractivity contribution in [2.75, 3.05) is 0 Å². The third kappa shape index (κ3) is 2.45. The molecule has 0 fully saturated rings.